The van der Waals surface area contributed by atoms with Gasteiger partial charge in [0.25, 0.3) is 0 Å². The van der Waals surface area contributed by atoms with Gasteiger partial charge in [0.05, 0.1) is 10.6 Å². The van der Waals surface area contributed by atoms with Gasteiger partial charge in [-0.3, -0.25) is 9.89 Å². The predicted molar refractivity (Wildman–Crippen MR) is 87.7 cm³/mol. The highest BCUT2D eigenvalue weighted by Crippen LogP contribution is 2.18. The van der Waals surface area contributed by atoms with E-state index in [2.05, 4.69) is 10.2 Å². The molecule has 6 heteroatoms. The molecule has 0 saturated heterocycles. The number of esters is 1. The molecule has 0 atom stereocenters. The lowest BCUT2D eigenvalue weighted by atomic mass is 10.1. The third kappa shape index (κ3) is 3.54. The van der Waals surface area contributed by atoms with E-state index in [4.69, 9.17) is 4.74 Å². The van der Waals surface area contributed by atoms with Crippen LogP contribution in [-0.4, -0.2) is 28.6 Å². The Kier molecular flexibility index (Phi) is 4.34. The molecule has 2 aromatic heterocycles. The molecule has 0 aliphatic rings. The first-order chi connectivity index (χ1) is 11.1. The van der Waals surface area contributed by atoms with E-state index < -0.39 is 5.97 Å². The van der Waals surface area contributed by atoms with Crippen molar-refractivity contribution in [3.05, 3.63) is 64.0 Å². The van der Waals surface area contributed by atoms with Gasteiger partial charge in [0.2, 0.25) is 5.78 Å². The van der Waals surface area contributed by atoms with Crippen LogP contribution < -0.4 is 0 Å². The Hall–Kier alpha value is -2.73. The molecule has 0 unspecified atom stereocenters. The molecule has 1 aromatic carbocycles. The van der Waals surface area contributed by atoms with Crippen LogP contribution in [0.25, 0.3) is 11.3 Å². The molecule has 0 aliphatic carbocycles. The van der Waals surface area contributed by atoms with Gasteiger partial charge >= 0.3 is 5.97 Å². The Morgan fingerprint density at radius 1 is 1.17 bits per heavy atom. The van der Waals surface area contributed by atoms with Crippen molar-refractivity contribution in [2.75, 3.05) is 6.61 Å². The second-order valence-corrected chi connectivity index (χ2v) is 6.23. The maximum Gasteiger partial charge on any atom is 0.356 e. The molecule has 5 nitrogen and oxygen atoms in total. The van der Waals surface area contributed by atoms with Crippen LogP contribution in [0.15, 0.2) is 48.5 Å². The van der Waals surface area contributed by atoms with Gasteiger partial charge < -0.3 is 4.74 Å². The second-order valence-electron chi connectivity index (χ2n) is 4.94. The summed E-state index contributed by atoms with van der Waals surface area (Å²) in [6.07, 6.45) is 0. The van der Waals surface area contributed by atoms with Gasteiger partial charge in [0, 0.05) is 10.4 Å². The Labute approximate surface area is 136 Å². The van der Waals surface area contributed by atoms with E-state index in [1.54, 1.807) is 12.1 Å². The molecule has 0 bridgehead atoms. The number of nitrogens with zero attached hydrogens (tertiary/aromatic N) is 1. The Balaban J connectivity index is 1.63. The van der Waals surface area contributed by atoms with Gasteiger partial charge in [0.15, 0.2) is 6.61 Å². The van der Waals surface area contributed by atoms with Crippen molar-refractivity contribution in [2.24, 2.45) is 0 Å². The Morgan fingerprint density at radius 3 is 2.65 bits per heavy atom. The molecule has 23 heavy (non-hydrogen) atoms. The number of aromatic nitrogens is 2. The highest BCUT2D eigenvalue weighted by molar-refractivity contribution is 7.14. The average molecular weight is 326 g/mol. The third-order valence-corrected chi connectivity index (χ3v) is 4.26. The van der Waals surface area contributed by atoms with Crippen LogP contribution in [0.4, 0.5) is 0 Å². The smallest absolute Gasteiger partial charge is 0.356 e. The average Bonchev–Trinajstić information content (AvgIpc) is 3.22. The maximum atomic E-state index is 12.0. The molecule has 1 N–H and O–H groups in total. The van der Waals surface area contributed by atoms with Gasteiger partial charge in [0.1, 0.15) is 5.69 Å². The van der Waals surface area contributed by atoms with Crippen molar-refractivity contribution < 1.29 is 14.3 Å². The third-order valence-electron chi connectivity index (χ3n) is 3.22. The van der Waals surface area contributed by atoms with Gasteiger partial charge in [-0.2, -0.15) is 5.10 Å². The molecular weight excluding hydrogens is 312 g/mol. The maximum absolute atomic E-state index is 12.0. The predicted octanol–water partition coefficient (Wildman–Crippen LogP) is 3.49. The quantitative estimate of drug-likeness (QED) is 0.575. The number of aryl methyl sites for hydroxylation is 1. The van der Waals surface area contributed by atoms with Crippen molar-refractivity contribution in [1.29, 1.82) is 0 Å². The number of benzene rings is 1. The van der Waals surface area contributed by atoms with Crippen molar-refractivity contribution in [2.45, 2.75) is 6.92 Å². The zero-order valence-electron chi connectivity index (χ0n) is 12.4. The van der Waals surface area contributed by atoms with Crippen LogP contribution in [-0.2, 0) is 4.74 Å². The summed E-state index contributed by atoms with van der Waals surface area (Å²) in [5.41, 5.74) is 1.77. The Bertz CT molecular complexity index is 836. The number of aromatic amines is 1. The number of rotatable bonds is 5. The fraction of sp³-hybridized carbons (Fsp3) is 0.118. The first kappa shape index (κ1) is 15.2. The first-order valence-corrected chi connectivity index (χ1v) is 7.83. The van der Waals surface area contributed by atoms with Crippen LogP contribution in [0.1, 0.15) is 25.0 Å². The lowest BCUT2D eigenvalue weighted by molar-refractivity contribution is 0.0470. The number of ether oxygens (including phenoxy) is 1. The molecule has 3 rings (SSSR count). The molecule has 0 fully saturated rings. The molecule has 2 heterocycles. The summed E-state index contributed by atoms with van der Waals surface area (Å²) in [6, 6.07) is 14.7. The summed E-state index contributed by atoms with van der Waals surface area (Å²) >= 11 is 1.38. The summed E-state index contributed by atoms with van der Waals surface area (Å²) in [7, 11) is 0. The molecule has 0 aliphatic heterocycles. The van der Waals surface area contributed by atoms with Crippen LogP contribution >= 0.6 is 11.3 Å². The van der Waals surface area contributed by atoms with Crippen molar-refractivity contribution >= 4 is 23.1 Å². The fourth-order valence-electron chi connectivity index (χ4n) is 2.05. The van der Waals surface area contributed by atoms with E-state index in [0.717, 1.165) is 10.4 Å². The topological polar surface area (TPSA) is 72.1 Å². The molecule has 0 radical (unpaired) electrons. The summed E-state index contributed by atoms with van der Waals surface area (Å²) in [5, 5.41) is 6.73. The van der Waals surface area contributed by atoms with E-state index in [9.17, 15) is 9.59 Å². The van der Waals surface area contributed by atoms with Crippen LogP contribution in [0.5, 0.6) is 0 Å². The van der Waals surface area contributed by atoms with E-state index >= 15 is 0 Å². The minimum atomic E-state index is -0.596. The molecular formula is C17H14N2O3S. The number of hydrogen-bond donors (Lipinski definition) is 1. The number of Topliss-reactive ketones (excluding diaryl/α,β-unsaturated/α-hetero) is 1. The summed E-state index contributed by atoms with van der Waals surface area (Å²) < 4.78 is 5.05. The highest BCUT2D eigenvalue weighted by Gasteiger charge is 2.15. The molecule has 0 amide bonds. The summed E-state index contributed by atoms with van der Waals surface area (Å²) in [5.74, 6) is -0.805. The number of carbonyl (C=O) groups is 2. The lowest BCUT2D eigenvalue weighted by Gasteiger charge is -2.00. The number of nitrogens with one attached hydrogen (secondary N) is 1. The number of hydrogen-bond acceptors (Lipinski definition) is 5. The number of carbonyl (C=O) groups excluding carboxylic acids is 2. The minimum Gasteiger partial charge on any atom is -0.453 e. The van der Waals surface area contributed by atoms with Gasteiger partial charge in [-0.1, -0.05) is 30.3 Å². The minimum absolute atomic E-state index is 0.209. The zero-order chi connectivity index (χ0) is 16.2. The Morgan fingerprint density at radius 2 is 1.96 bits per heavy atom. The normalized spacial score (nSPS) is 10.5. The van der Waals surface area contributed by atoms with Gasteiger partial charge in [-0.25, -0.2) is 4.79 Å². The zero-order valence-corrected chi connectivity index (χ0v) is 13.2. The van der Waals surface area contributed by atoms with Crippen LogP contribution in [0.2, 0.25) is 0 Å². The van der Waals surface area contributed by atoms with Crippen molar-refractivity contribution in [3.63, 3.8) is 0 Å². The molecule has 0 saturated carbocycles. The van der Waals surface area contributed by atoms with Gasteiger partial charge in [-0.15, -0.1) is 11.3 Å². The van der Waals surface area contributed by atoms with Crippen molar-refractivity contribution in [1.82, 2.24) is 10.2 Å². The second kappa shape index (κ2) is 6.58. The van der Waals surface area contributed by atoms with Gasteiger partial charge in [-0.05, 0) is 25.1 Å². The fourth-order valence-corrected chi connectivity index (χ4v) is 2.84. The highest BCUT2D eigenvalue weighted by atomic mass is 32.1. The standard InChI is InChI=1S/C17H14N2O3S/c1-11-7-8-16(23-11)15(20)10-22-17(21)14-9-13(18-19-14)12-5-3-2-4-6-12/h2-9H,10H2,1H3,(H,18,19). The summed E-state index contributed by atoms with van der Waals surface area (Å²) in [6.45, 7) is 1.64. The number of H-pyrrole nitrogens is 1. The monoisotopic (exact) mass is 326 g/mol. The van der Waals surface area contributed by atoms with Crippen LogP contribution in [0.3, 0.4) is 0 Å². The van der Waals surface area contributed by atoms with Crippen LogP contribution in [0, 0.1) is 6.92 Å². The molecule has 116 valence electrons. The van der Waals surface area contributed by atoms with E-state index in [1.807, 2.05) is 43.3 Å². The van der Waals surface area contributed by atoms with E-state index in [-0.39, 0.29) is 18.1 Å². The number of thiophene rings is 1. The lowest BCUT2D eigenvalue weighted by Crippen LogP contribution is -2.13. The summed E-state index contributed by atoms with van der Waals surface area (Å²) in [4.78, 5) is 25.5. The van der Waals surface area contributed by atoms with Crippen molar-refractivity contribution in [3.8, 4) is 11.3 Å². The molecule has 3 aromatic rings. The number of ketones is 1. The van der Waals surface area contributed by atoms with E-state index in [0.29, 0.717) is 10.6 Å². The first-order valence-electron chi connectivity index (χ1n) is 7.01. The largest absolute Gasteiger partial charge is 0.453 e. The van der Waals surface area contributed by atoms with E-state index in [1.165, 1.54) is 11.3 Å². The molecule has 0 spiro atoms. The SMILES string of the molecule is Cc1ccc(C(=O)COC(=O)c2cc(-c3ccccc3)n[nH]2)s1.